The highest BCUT2D eigenvalue weighted by Crippen LogP contribution is 2.09. The van der Waals surface area contributed by atoms with Gasteiger partial charge in [-0.25, -0.2) is 4.79 Å². The maximum absolute atomic E-state index is 10.6. The summed E-state index contributed by atoms with van der Waals surface area (Å²) in [7, 11) is 0. The Morgan fingerprint density at radius 2 is 2.33 bits per heavy atom. The van der Waals surface area contributed by atoms with Gasteiger partial charge >= 0.3 is 5.97 Å². The number of nitrogens with zero attached hydrogens (tertiary/aromatic N) is 1. The Bertz CT molecular complexity index is 304. The Balaban J connectivity index is 3.05. The minimum atomic E-state index is -0.948. The SMILES string of the molecule is CC=C(C(=O)O)c1ccccn1. The Hall–Kier alpha value is -1.64. The second-order valence-corrected chi connectivity index (χ2v) is 2.22. The van der Waals surface area contributed by atoms with Crippen molar-refractivity contribution in [2.24, 2.45) is 0 Å². The number of pyridine rings is 1. The van der Waals surface area contributed by atoms with E-state index in [4.69, 9.17) is 5.11 Å². The quantitative estimate of drug-likeness (QED) is 0.673. The highest BCUT2D eigenvalue weighted by Gasteiger charge is 2.08. The van der Waals surface area contributed by atoms with Crippen molar-refractivity contribution in [1.82, 2.24) is 4.98 Å². The van der Waals surface area contributed by atoms with Crippen molar-refractivity contribution in [3.63, 3.8) is 0 Å². The van der Waals surface area contributed by atoms with Gasteiger partial charge in [-0.3, -0.25) is 4.98 Å². The fraction of sp³-hybridized carbons (Fsp3) is 0.111. The zero-order valence-electron chi connectivity index (χ0n) is 6.69. The molecule has 62 valence electrons. The van der Waals surface area contributed by atoms with E-state index in [-0.39, 0.29) is 5.57 Å². The number of carbonyl (C=O) groups is 1. The lowest BCUT2D eigenvalue weighted by atomic mass is 10.1. The first-order chi connectivity index (χ1) is 5.75. The number of allylic oxidation sites excluding steroid dienone is 1. The molecule has 1 heterocycles. The third kappa shape index (κ3) is 1.69. The molecule has 0 radical (unpaired) electrons. The maximum Gasteiger partial charge on any atom is 0.337 e. The molecule has 1 N–H and O–H groups in total. The molecule has 1 aromatic rings. The molecule has 0 amide bonds. The molecule has 0 atom stereocenters. The molecular weight excluding hydrogens is 154 g/mol. The average Bonchev–Trinajstić information content (AvgIpc) is 2.07. The molecule has 12 heavy (non-hydrogen) atoms. The number of rotatable bonds is 2. The van der Waals surface area contributed by atoms with Crippen LogP contribution in [0.25, 0.3) is 5.57 Å². The van der Waals surface area contributed by atoms with Crippen molar-refractivity contribution in [3.8, 4) is 0 Å². The topological polar surface area (TPSA) is 50.2 Å². The van der Waals surface area contributed by atoms with E-state index in [9.17, 15) is 4.79 Å². The number of aliphatic carboxylic acids is 1. The van der Waals surface area contributed by atoms with Crippen LogP contribution in [-0.2, 0) is 4.79 Å². The van der Waals surface area contributed by atoms with Crippen LogP contribution in [0.4, 0.5) is 0 Å². The molecule has 3 nitrogen and oxygen atoms in total. The minimum Gasteiger partial charge on any atom is -0.478 e. The van der Waals surface area contributed by atoms with Gasteiger partial charge in [0.25, 0.3) is 0 Å². The Kier molecular flexibility index (Phi) is 2.58. The molecule has 0 unspecified atom stereocenters. The standard InChI is InChI=1S/C9H9NO2/c1-2-7(9(11)12)8-5-3-4-6-10-8/h2-6H,1H3,(H,11,12). The third-order valence-electron chi connectivity index (χ3n) is 1.46. The molecule has 1 rings (SSSR count). The molecule has 1 aromatic heterocycles. The summed E-state index contributed by atoms with van der Waals surface area (Å²) in [5.41, 5.74) is 0.725. The summed E-state index contributed by atoms with van der Waals surface area (Å²) in [5, 5.41) is 8.72. The molecular formula is C9H9NO2. The first kappa shape index (κ1) is 8.46. The van der Waals surface area contributed by atoms with Crippen LogP contribution in [0, 0.1) is 0 Å². The molecule has 0 saturated carbocycles. The predicted octanol–water partition coefficient (Wildman–Crippen LogP) is 1.57. The smallest absolute Gasteiger partial charge is 0.337 e. The van der Waals surface area contributed by atoms with Crippen LogP contribution >= 0.6 is 0 Å². The summed E-state index contributed by atoms with van der Waals surface area (Å²) < 4.78 is 0. The minimum absolute atomic E-state index is 0.232. The van der Waals surface area contributed by atoms with Crippen molar-refractivity contribution in [1.29, 1.82) is 0 Å². The normalized spacial score (nSPS) is 11.2. The number of carboxylic acids is 1. The first-order valence-corrected chi connectivity index (χ1v) is 3.56. The van der Waals surface area contributed by atoms with Gasteiger partial charge in [-0.1, -0.05) is 12.1 Å². The Morgan fingerprint density at radius 1 is 1.58 bits per heavy atom. The molecule has 0 aromatic carbocycles. The van der Waals surface area contributed by atoms with Crippen LogP contribution < -0.4 is 0 Å². The molecule has 0 saturated heterocycles. The summed E-state index contributed by atoms with van der Waals surface area (Å²) >= 11 is 0. The van der Waals surface area contributed by atoms with Gasteiger partial charge in [0.2, 0.25) is 0 Å². The van der Waals surface area contributed by atoms with E-state index in [1.54, 1.807) is 31.3 Å². The summed E-state index contributed by atoms with van der Waals surface area (Å²) in [4.78, 5) is 14.5. The monoisotopic (exact) mass is 163 g/mol. The second kappa shape index (κ2) is 3.67. The summed E-state index contributed by atoms with van der Waals surface area (Å²) in [6.45, 7) is 1.68. The summed E-state index contributed by atoms with van der Waals surface area (Å²) in [6.07, 6.45) is 3.10. The zero-order valence-corrected chi connectivity index (χ0v) is 6.69. The van der Waals surface area contributed by atoms with E-state index < -0.39 is 5.97 Å². The van der Waals surface area contributed by atoms with E-state index >= 15 is 0 Å². The van der Waals surface area contributed by atoms with Crippen molar-refractivity contribution < 1.29 is 9.90 Å². The van der Waals surface area contributed by atoms with Gasteiger partial charge in [-0.05, 0) is 19.1 Å². The maximum atomic E-state index is 10.6. The predicted molar refractivity (Wildman–Crippen MR) is 45.5 cm³/mol. The third-order valence-corrected chi connectivity index (χ3v) is 1.46. The van der Waals surface area contributed by atoms with E-state index in [1.165, 1.54) is 6.08 Å². The lowest BCUT2D eigenvalue weighted by molar-refractivity contribution is -0.130. The number of aromatic nitrogens is 1. The van der Waals surface area contributed by atoms with Crippen LogP contribution in [-0.4, -0.2) is 16.1 Å². The van der Waals surface area contributed by atoms with Gasteiger partial charge in [0.15, 0.2) is 0 Å². The van der Waals surface area contributed by atoms with Gasteiger partial charge in [-0.2, -0.15) is 0 Å². The van der Waals surface area contributed by atoms with Crippen LogP contribution in [0.1, 0.15) is 12.6 Å². The average molecular weight is 163 g/mol. The highest BCUT2D eigenvalue weighted by atomic mass is 16.4. The van der Waals surface area contributed by atoms with Crippen molar-refractivity contribution >= 4 is 11.5 Å². The van der Waals surface area contributed by atoms with Crippen molar-refractivity contribution in [3.05, 3.63) is 36.2 Å². The van der Waals surface area contributed by atoms with Gasteiger partial charge in [0.1, 0.15) is 0 Å². The number of hydrogen-bond donors (Lipinski definition) is 1. The van der Waals surface area contributed by atoms with Crippen LogP contribution in [0.3, 0.4) is 0 Å². The second-order valence-electron chi connectivity index (χ2n) is 2.22. The fourth-order valence-electron chi connectivity index (χ4n) is 0.903. The van der Waals surface area contributed by atoms with Gasteiger partial charge in [-0.15, -0.1) is 0 Å². The van der Waals surface area contributed by atoms with Crippen molar-refractivity contribution in [2.45, 2.75) is 6.92 Å². The highest BCUT2D eigenvalue weighted by molar-refractivity contribution is 6.14. The fourth-order valence-corrected chi connectivity index (χ4v) is 0.903. The molecule has 0 aliphatic rings. The molecule has 3 heteroatoms. The molecule has 0 bridgehead atoms. The van der Waals surface area contributed by atoms with E-state index in [0.29, 0.717) is 5.69 Å². The summed E-state index contributed by atoms with van der Waals surface area (Å²) in [5.74, 6) is -0.948. The molecule has 0 aliphatic carbocycles. The van der Waals surface area contributed by atoms with Gasteiger partial charge in [0, 0.05) is 6.20 Å². The first-order valence-electron chi connectivity index (χ1n) is 3.56. The molecule has 0 aliphatic heterocycles. The van der Waals surface area contributed by atoms with E-state index in [1.807, 2.05) is 0 Å². The summed E-state index contributed by atoms with van der Waals surface area (Å²) in [6, 6.07) is 5.18. The van der Waals surface area contributed by atoms with Gasteiger partial charge < -0.3 is 5.11 Å². The zero-order chi connectivity index (χ0) is 8.97. The van der Waals surface area contributed by atoms with Crippen molar-refractivity contribution in [2.75, 3.05) is 0 Å². The van der Waals surface area contributed by atoms with Gasteiger partial charge in [0.05, 0.1) is 11.3 Å². The Labute approximate surface area is 70.4 Å². The number of carboxylic acid groups (broad SMARTS) is 1. The van der Waals surface area contributed by atoms with Crippen LogP contribution in [0.15, 0.2) is 30.5 Å². The van der Waals surface area contributed by atoms with Crippen LogP contribution in [0.5, 0.6) is 0 Å². The lowest BCUT2D eigenvalue weighted by Crippen LogP contribution is -2.00. The number of hydrogen-bond acceptors (Lipinski definition) is 2. The molecule has 0 spiro atoms. The lowest BCUT2D eigenvalue weighted by Gasteiger charge is -1.98. The largest absolute Gasteiger partial charge is 0.478 e. The Morgan fingerprint density at radius 3 is 2.75 bits per heavy atom. The van der Waals surface area contributed by atoms with E-state index in [2.05, 4.69) is 4.98 Å². The molecule has 0 fully saturated rings. The van der Waals surface area contributed by atoms with Crippen LogP contribution in [0.2, 0.25) is 0 Å². The van der Waals surface area contributed by atoms with E-state index in [0.717, 1.165) is 0 Å².